The average molecular weight is 328 g/mol. The minimum absolute atomic E-state index is 0.243. The molecule has 0 fully saturated rings. The number of hydrogen-bond donors (Lipinski definition) is 1. The Morgan fingerprint density at radius 2 is 1.86 bits per heavy atom. The normalized spacial score (nSPS) is 12.3. The van der Waals surface area contributed by atoms with Gasteiger partial charge in [-0.25, -0.2) is 4.98 Å². The summed E-state index contributed by atoms with van der Waals surface area (Å²) >= 11 is 5.83. The van der Waals surface area contributed by atoms with Gasteiger partial charge < -0.3 is 0 Å². The highest BCUT2D eigenvalue weighted by molar-refractivity contribution is 6.30. The van der Waals surface area contributed by atoms with Crippen LogP contribution in [-0.4, -0.2) is 10.7 Å². The number of aromatic nitrogens is 1. The van der Waals surface area contributed by atoms with Gasteiger partial charge in [0.1, 0.15) is 5.82 Å². The van der Waals surface area contributed by atoms with Gasteiger partial charge in [-0.15, -0.1) is 0 Å². The summed E-state index contributed by atoms with van der Waals surface area (Å²) in [6.45, 7) is 1.93. The van der Waals surface area contributed by atoms with Crippen LogP contribution in [0.3, 0.4) is 0 Å². The van der Waals surface area contributed by atoms with Gasteiger partial charge in [0.2, 0.25) is 0 Å². The van der Waals surface area contributed by atoms with E-state index in [1.807, 2.05) is 19.1 Å². The maximum Gasteiger partial charge on any atom is 0.417 e. The minimum atomic E-state index is -4.40. The molecular weight excluding hydrogens is 315 g/mol. The fourth-order valence-corrected chi connectivity index (χ4v) is 1.87. The Balaban J connectivity index is 2.13. The van der Waals surface area contributed by atoms with E-state index in [9.17, 15) is 13.2 Å². The van der Waals surface area contributed by atoms with Crippen LogP contribution in [0.25, 0.3) is 0 Å². The zero-order chi connectivity index (χ0) is 16.2. The molecule has 1 aromatic heterocycles. The Bertz CT molecular complexity index is 649. The van der Waals surface area contributed by atoms with Crippen molar-refractivity contribution in [1.82, 2.24) is 4.98 Å². The van der Waals surface area contributed by atoms with Gasteiger partial charge in [-0.05, 0) is 36.2 Å². The molecule has 22 heavy (non-hydrogen) atoms. The number of anilines is 1. The molecule has 1 aromatic carbocycles. The maximum atomic E-state index is 12.4. The molecule has 0 spiro atoms. The van der Waals surface area contributed by atoms with E-state index >= 15 is 0 Å². The van der Waals surface area contributed by atoms with Crippen LogP contribution < -0.4 is 5.43 Å². The fraction of sp³-hybridized carbons (Fsp3) is 0.200. The number of hydrogen-bond acceptors (Lipinski definition) is 3. The van der Waals surface area contributed by atoms with Gasteiger partial charge in [0.05, 0.1) is 11.3 Å². The maximum absolute atomic E-state index is 12.4. The third kappa shape index (κ3) is 4.21. The zero-order valence-corrected chi connectivity index (χ0v) is 12.4. The molecule has 3 nitrogen and oxygen atoms in total. The number of nitrogens with one attached hydrogen (secondary N) is 1. The van der Waals surface area contributed by atoms with Gasteiger partial charge in [0.15, 0.2) is 0 Å². The van der Waals surface area contributed by atoms with Gasteiger partial charge >= 0.3 is 6.18 Å². The summed E-state index contributed by atoms with van der Waals surface area (Å²) in [7, 11) is 0. The van der Waals surface area contributed by atoms with Crippen molar-refractivity contribution in [3.05, 3.63) is 58.7 Å². The van der Waals surface area contributed by atoms with Gasteiger partial charge in [-0.1, -0.05) is 30.7 Å². The lowest BCUT2D eigenvalue weighted by atomic mass is 10.1. The largest absolute Gasteiger partial charge is 0.417 e. The first-order valence-electron chi connectivity index (χ1n) is 6.52. The van der Waals surface area contributed by atoms with Crippen molar-refractivity contribution < 1.29 is 13.2 Å². The first-order valence-corrected chi connectivity index (χ1v) is 6.89. The molecule has 0 bridgehead atoms. The van der Waals surface area contributed by atoms with Crippen LogP contribution in [0.5, 0.6) is 0 Å². The standard InChI is InChI=1S/C15H13ClF3N3/c1-2-13(10-3-6-12(16)7-4-10)21-22-14-8-5-11(9-20-14)15(17,18)19/h3-9H,2H2,1H3,(H,20,22)/b21-13-. The number of pyridine rings is 1. The summed E-state index contributed by atoms with van der Waals surface area (Å²) in [5.41, 5.74) is 3.50. The summed E-state index contributed by atoms with van der Waals surface area (Å²) in [6, 6.07) is 9.34. The molecule has 0 saturated carbocycles. The Kier molecular flexibility index (Phi) is 5.03. The molecule has 0 atom stereocenters. The van der Waals surface area contributed by atoms with E-state index in [4.69, 9.17) is 11.6 Å². The summed E-state index contributed by atoms with van der Waals surface area (Å²) in [5, 5.41) is 4.81. The van der Waals surface area contributed by atoms with E-state index in [2.05, 4.69) is 15.5 Å². The summed E-state index contributed by atoms with van der Waals surface area (Å²) in [4.78, 5) is 3.70. The smallest absolute Gasteiger partial charge is 0.261 e. The molecule has 0 aliphatic carbocycles. The Morgan fingerprint density at radius 1 is 1.18 bits per heavy atom. The molecular formula is C15H13ClF3N3. The van der Waals surface area contributed by atoms with Crippen LogP contribution in [0, 0.1) is 0 Å². The third-order valence-electron chi connectivity index (χ3n) is 2.91. The predicted octanol–water partition coefficient (Wildman–Crippen LogP) is 4.98. The van der Waals surface area contributed by atoms with Crippen molar-refractivity contribution in [3.8, 4) is 0 Å². The van der Waals surface area contributed by atoms with Crippen molar-refractivity contribution in [2.75, 3.05) is 5.43 Å². The van der Waals surface area contributed by atoms with E-state index in [0.717, 1.165) is 23.5 Å². The van der Waals surface area contributed by atoms with Crippen molar-refractivity contribution in [1.29, 1.82) is 0 Å². The second-order valence-corrected chi connectivity index (χ2v) is 4.90. The summed E-state index contributed by atoms with van der Waals surface area (Å²) < 4.78 is 37.3. The molecule has 1 N–H and O–H groups in total. The number of hydrazone groups is 1. The molecule has 0 saturated heterocycles. The number of rotatable bonds is 4. The van der Waals surface area contributed by atoms with E-state index in [-0.39, 0.29) is 5.82 Å². The molecule has 116 valence electrons. The van der Waals surface area contributed by atoms with Gasteiger partial charge in [0.25, 0.3) is 0 Å². The van der Waals surface area contributed by atoms with Gasteiger partial charge in [-0.3, -0.25) is 5.43 Å². The van der Waals surface area contributed by atoms with E-state index in [1.54, 1.807) is 12.1 Å². The highest BCUT2D eigenvalue weighted by Gasteiger charge is 2.30. The van der Waals surface area contributed by atoms with E-state index < -0.39 is 11.7 Å². The Labute approximate surface area is 130 Å². The van der Waals surface area contributed by atoms with Crippen molar-refractivity contribution in [2.24, 2.45) is 5.10 Å². The predicted molar refractivity (Wildman–Crippen MR) is 81.1 cm³/mol. The van der Waals surface area contributed by atoms with Crippen LogP contribution in [0.15, 0.2) is 47.7 Å². The summed E-state index contributed by atoms with van der Waals surface area (Å²) in [5.74, 6) is 0.243. The quantitative estimate of drug-likeness (QED) is 0.635. The average Bonchev–Trinajstić information content (AvgIpc) is 2.49. The molecule has 7 heteroatoms. The molecule has 0 aliphatic rings. The second kappa shape index (κ2) is 6.79. The van der Waals surface area contributed by atoms with Crippen LogP contribution in [0.4, 0.5) is 19.0 Å². The molecule has 2 aromatic rings. The monoisotopic (exact) mass is 327 g/mol. The topological polar surface area (TPSA) is 37.3 Å². The molecule has 1 heterocycles. The van der Waals surface area contributed by atoms with Gasteiger partial charge in [-0.2, -0.15) is 18.3 Å². The molecule has 0 aliphatic heterocycles. The first-order chi connectivity index (χ1) is 10.4. The summed E-state index contributed by atoms with van der Waals surface area (Å²) in [6.07, 6.45) is -2.98. The lowest BCUT2D eigenvalue weighted by Crippen LogP contribution is -2.07. The number of nitrogens with zero attached hydrogens (tertiary/aromatic N) is 2. The third-order valence-corrected chi connectivity index (χ3v) is 3.16. The molecule has 0 radical (unpaired) electrons. The van der Waals surface area contributed by atoms with Crippen LogP contribution in [0.1, 0.15) is 24.5 Å². The Morgan fingerprint density at radius 3 is 2.36 bits per heavy atom. The lowest BCUT2D eigenvalue weighted by Gasteiger charge is -2.08. The highest BCUT2D eigenvalue weighted by atomic mass is 35.5. The number of benzene rings is 1. The SMILES string of the molecule is CC/C(=N/Nc1ccc(C(F)(F)F)cn1)c1ccc(Cl)cc1. The zero-order valence-electron chi connectivity index (χ0n) is 11.7. The second-order valence-electron chi connectivity index (χ2n) is 4.46. The van der Waals surface area contributed by atoms with Crippen LogP contribution in [0.2, 0.25) is 5.02 Å². The fourth-order valence-electron chi connectivity index (χ4n) is 1.74. The lowest BCUT2D eigenvalue weighted by molar-refractivity contribution is -0.137. The van der Waals surface area contributed by atoms with Crippen molar-refractivity contribution in [2.45, 2.75) is 19.5 Å². The van der Waals surface area contributed by atoms with Crippen molar-refractivity contribution >= 4 is 23.1 Å². The van der Waals surface area contributed by atoms with Crippen LogP contribution in [-0.2, 0) is 6.18 Å². The minimum Gasteiger partial charge on any atom is -0.261 e. The van der Waals surface area contributed by atoms with Gasteiger partial charge in [0, 0.05) is 11.2 Å². The molecule has 2 rings (SSSR count). The number of halogens is 4. The van der Waals surface area contributed by atoms with Crippen LogP contribution >= 0.6 is 11.6 Å². The van der Waals surface area contributed by atoms with Crippen molar-refractivity contribution in [3.63, 3.8) is 0 Å². The van der Waals surface area contributed by atoms with E-state index in [0.29, 0.717) is 11.4 Å². The highest BCUT2D eigenvalue weighted by Crippen LogP contribution is 2.28. The first kappa shape index (κ1) is 16.3. The number of alkyl halides is 3. The molecule has 0 unspecified atom stereocenters. The molecule has 0 amide bonds. The Hall–Kier alpha value is -2.08. The van der Waals surface area contributed by atoms with E-state index in [1.165, 1.54) is 6.07 Å².